The maximum Gasteiger partial charge on any atom is 0.472 e. The molecule has 0 fully saturated rings. The SMILES string of the molecule is CC(C)CCCCCCCCCCCCCCCCCCCCC(=O)OC[C@H](COP(=O)(O)OCC(O)COP(=O)(O)OC[C@@H](COC(=O)CCCCCCCCCC(C)C)OC(=O)CCCCCCCCCCCCCCCC(C)C)OC(=O)CCCCCCCCCCCCCCC(C)C. The van der Waals surface area contributed by atoms with Crippen LogP contribution in [0, 0.1) is 23.7 Å². The molecule has 0 saturated heterocycles. The summed E-state index contributed by atoms with van der Waals surface area (Å²) in [6, 6.07) is 0. The first-order valence-corrected chi connectivity index (χ1v) is 45.7. The van der Waals surface area contributed by atoms with Crippen LogP contribution in [0.5, 0.6) is 0 Å². The topological polar surface area (TPSA) is 237 Å². The van der Waals surface area contributed by atoms with E-state index in [1.807, 2.05) is 0 Å². The fourth-order valence-electron chi connectivity index (χ4n) is 12.8. The highest BCUT2D eigenvalue weighted by Gasteiger charge is 2.30. The van der Waals surface area contributed by atoms with Crippen LogP contribution in [-0.4, -0.2) is 96.7 Å². The van der Waals surface area contributed by atoms with Crippen molar-refractivity contribution in [2.45, 2.75) is 446 Å². The van der Waals surface area contributed by atoms with Crippen LogP contribution >= 0.6 is 15.6 Å². The molecule has 0 bridgehead atoms. The Morgan fingerprint density at radius 2 is 0.412 bits per heavy atom. The van der Waals surface area contributed by atoms with Crippen molar-refractivity contribution in [1.82, 2.24) is 0 Å². The molecule has 0 aromatic carbocycles. The Balaban J connectivity index is 5.21. The lowest BCUT2D eigenvalue weighted by atomic mass is 10.0. The van der Waals surface area contributed by atoms with Crippen molar-refractivity contribution in [3.8, 4) is 0 Å². The van der Waals surface area contributed by atoms with E-state index >= 15 is 0 Å². The fourth-order valence-corrected chi connectivity index (χ4v) is 14.4. The van der Waals surface area contributed by atoms with Gasteiger partial charge in [0.15, 0.2) is 12.2 Å². The van der Waals surface area contributed by atoms with Gasteiger partial charge in [0, 0.05) is 25.7 Å². The third-order valence-electron chi connectivity index (χ3n) is 19.3. The highest BCUT2D eigenvalue weighted by atomic mass is 31.2. The minimum atomic E-state index is -4.96. The molecular weight excluding hydrogens is 1330 g/mol. The zero-order valence-electron chi connectivity index (χ0n) is 67.2. The number of hydrogen-bond acceptors (Lipinski definition) is 15. The number of aliphatic hydroxyl groups is 1. The van der Waals surface area contributed by atoms with Gasteiger partial charge in [-0.15, -0.1) is 0 Å². The summed E-state index contributed by atoms with van der Waals surface area (Å²) in [6.45, 7) is 14.3. The van der Waals surface area contributed by atoms with Crippen molar-refractivity contribution >= 4 is 39.5 Å². The van der Waals surface area contributed by atoms with Crippen LogP contribution in [0.4, 0.5) is 0 Å². The molecular formula is C83H162O17P2. The maximum atomic E-state index is 13.1. The first kappa shape index (κ1) is 100. The van der Waals surface area contributed by atoms with Gasteiger partial charge in [0.1, 0.15) is 19.3 Å². The molecule has 0 aliphatic carbocycles. The Hall–Kier alpha value is -1.94. The van der Waals surface area contributed by atoms with Crippen molar-refractivity contribution in [1.29, 1.82) is 0 Å². The summed E-state index contributed by atoms with van der Waals surface area (Å²) in [5, 5.41) is 10.7. The molecule has 3 unspecified atom stereocenters. The summed E-state index contributed by atoms with van der Waals surface area (Å²) in [7, 11) is -9.92. The van der Waals surface area contributed by atoms with Crippen molar-refractivity contribution in [3.63, 3.8) is 0 Å². The average Bonchev–Trinajstić information content (AvgIpc) is 0.909. The summed E-state index contributed by atoms with van der Waals surface area (Å²) < 4.78 is 68.8. The number of unbranched alkanes of at least 4 members (excludes halogenated alkanes) is 46. The van der Waals surface area contributed by atoms with E-state index in [0.717, 1.165) is 114 Å². The Bertz CT molecular complexity index is 1990. The van der Waals surface area contributed by atoms with Gasteiger partial charge < -0.3 is 33.8 Å². The van der Waals surface area contributed by atoms with Gasteiger partial charge in [-0.3, -0.25) is 37.3 Å². The van der Waals surface area contributed by atoms with Gasteiger partial charge in [-0.25, -0.2) is 9.13 Å². The van der Waals surface area contributed by atoms with Crippen LogP contribution < -0.4 is 0 Å². The van der Waals surface area contributed by atoms with Crippen molar-refractivity contribution < 1.29 is 80.2 Å². The molecule has 0 aromatic heterocycles. The predicted octanol–water partition coefficient (Wildman–Crippen LogP) is 24.8. The summed E-state index contributed by atoms with van der Waals surface area (Å²) >= 11 is 0. The number of carbonyl (C=O) groups is 4. The molecule has 0 radical (unpaired) electrons. The number of rotatable bonds is 80. The minimum Gasteiger partial charge on any atom is -0.462 e. The van der Waals surface area contributed by atoms with Crippen LogP contribution in [0.3, 0.4) is 0 Å². The van der Waals surface area contributed by atoms with E-state index in [1.54, 1.807) is 0 Å². The van der Waals surface area contributed by atoms with Crippen LogP contribution in [0.25, 0.3) is 0 Å². The van der Waals surface area contributed by atoms with E-state index in [0.29, 0.717) is 31.6 Å². The highest BCUT2D eigenvalue weighted by molar-refractivity contribution is 7.47. The van der Waals surface area contributed by atoms with Gasteiger partial charge in [0.2, 0.25) is 0 Å². The van der Waals surface area contributed by atoms with E-state index in [9.17, 15) is 43.2 Å². The number of hydrogen-bond donors (Lipinski definition) is 3. The number of phosphoric acid groups is 2. The molecule has 0 heterocycles. The van der Waals surface area contributed by atoms with Gasteiger partial charge >= 0.3 is 39.5 Å². The van der Waals surface area contributed by atoms with E-state index in [-0.39, 0.29) is 25.7 Å². The maximum absolute atomic E-state index is 13.1. The number of carbonyl (C=O) groups excluding carboxylic acids is 4. The summed E-state index contributed by atoms with van der Waals surface area (Å²) in [6.07, 6.45) is 59.8. The molecule has 0 saturated carbocycles. The summed E-state index contributed by atoms with van der Waals surface area (Å²) in [5.41, 5.74) is 0. The molecule has 0 spiro atoms. The van der Waals surface area contributed by atoms with Crippen LogP contribution in [0.15, 0.2) is 0 Å². The van der Waals surface area contributed by atoms with Crippen molar-refractivity contribution in [2.75, 3.05) is 39.6 Å². The number of ether oxygens (including phenoxy) is 4. The molecule has 5 atom stereocenters. The van der Waals surface area contributed by atoms with E-state index in [4.69, 9.17) is 37.0 Å². The monoisotopic (exact) mass is 1490 g/mol. The van der Waals surface area contributed by atoms with Crippen LogP contribution in [0.2, 0.25) is 0 Å². The molecule has 0 aliphatic heterocycles. The number of phosphoric ester groups is 2. The van der Waals surface area contributed by atoms with Crippen LogP contribution in [0.1, 0.15) is 428 Å². The zero-order valence-corrected chi connectivity index (χ0v) is 69.0. The van der Waals surface area contributed by atoms with Crippen molar-refractivity contribution in [2.24, 2.45) is 23.7 Å². The predicted molar refractivity (Wildman–Crippen MR) is 418 cm³/mol. The van der Waals surface area contributed by atoms with E-state index < -0.39 is 97.5 Å². The number of aliphatic hydroxyl groups excluding tert-OH is 1. The summed E-state index contributed by atoms with van der Waals surface area (Å²) in [4.78, 5) is 73.1. The Morgan fingerprint density at radius 3 is 0.608 bits per heavy atom. The van der Waals surface area contributed by atoms with Gasteiger partial charge in [0.25, 0.3) is 0 Å². The first-order chi connectivity index (χ1) is 49.1. The van der Waals surface area contributed by atoms with Gasteiger partial charge in [0.05, 0.1) is 26.4 Å². The molecule has 0 amide bonds. The standard InChI is InChI=1S/C83H162O17P2/c1-73(2)59-51-43-35-28-22-16-13-11-9-10-12-14-18-25-31-39-47-55-63-80(85)93-69-78(99-83(88)66-58-50-41-33-27-21-20-24-30-37-45-53-61-75(5)6)71-97-101(89,90)95-67-77(84)68-96-102(91,92)98-72-79(70-94-81(86)64-56-48-42-34-38-46-54-62-76(7)8)100-82(87)65-57-49-40-32-26-19-15-17-23-29-36-44-52-60-74(3)4/h73-79,84H,9-72H2,1-8H3,(H,89,90)(H,91,92)/t77?,78-,79-/m1/s1. The zero-order chi connectivity index (χ0) is 75.3. The second-order valence-electron chi connectivity index (χ2n) is 31.8. The van der Waals surface area contributed by atoms with Crippen LogP contribution in [-0.2, 0) is 65.4 Å². The van der Waals surface area contributed by atoms with Crippen molar-refractivity contribution in [3.05, 3.63) is 0 Å². The van der Waals surface area contributed by atoms with Gasteiger partial charge in [-0.1, -0.05) is 376 Å². The molecule has 0 aromatic rings. The molecule has 17 nitrogen and oxygen atoms in total. The Kier molecular flexibility index (Phi) is 70.6. The third kappa shape index (κ3) is 76.3. The molecule has 0 rings (SSSR count). The number of esters is 4. The van der Waals surface area contributed by atoms with E-state index in [2.05, 4.69) is 55.4 Å². The lowest BCUT2D eigenvalue weighted by Gasteiger charge is -2.21. The quantitative estimate of drug-likeness (QED) is 0.0222. The largest absolute Gasteiger partial charge is 0.472 e. The fraction of sp³-hybridized carbons (Fsp3) is 0.952. The second-order valence-corrected chi connectivity index (χ2v) is 34.7. The Morgan fingerprint density at radius 1 is 0.245 bits per heavy atom. The molecule has 606 valence electrons. The molecule has 3 N–H and O–H groups in total. The smallest absolute Gasteiger partial charge is 0.462 e. The Labute approximate surface area is 626 Å². The lowest BCUT2D eigenvalue weighted by Crippen LogP contribution is -2.30. The third-order valence-corrected chi connectivity index (χ3v) is 21.2. The minimum absolute atomic E-state index is 0.106. The first-order valence-electron chi connectivity index (χ1n) is 42.7. The normalized spacial score (nSPS) is 14.0. The lowest BCUT2D eigenvalue weighted by molar-refractivity contribution is -0.161. The van der Waals surface area contributed by atoms with Gasteiger partial charge in [-0.2, -0.15) is 0 Å². The van der Waals surface area contributed by atoms with E-state index in [1.165, 1.54) is 225 Å². The molecule has 19 heteroatoms. The molecule has 0 aliphatic rings. The summed E-state index contributed by atoms with van der Waals surface area (Å²) in [5.74, 6) is 0.979. The molecule has 102 heavy (non-hydrogen) atoms. The van der Waals surface area contributed by atoms with Gasteiger partial charge in [-0.05, 0) is 49.4 Å². The average molecular weight is 1490 g/mol. The second kappa shape index (κ2) is 72.0. The highest BCUT2D eigenvalue weighted by Crippen LogP contribution is 2.45.